The number of hydrogen-bond acceptors (Lipinski definition) is 5. The van der Waals surface area contributed by atoms with Crippen molar-refractivity contribution in [2.24, 2.45) is 4.99 Å². The number of nitrogens with one attached hydrogen (secondary N) is 2. The van der Waals surface area contributed by atoms with Gasteiger partial charge in [-0.2, -0.15) is 0 Å². The van der Waals surface area contributed by atoms with Gasteiger partial charge < -0.3 is 25.0 Å². The largest absolute Gasteiger partial charge is 0.493 e. The van der Waals surface area contributed by atoms with Gasteiger partial charge in [-0.05, 0) is 56.0 Å². The van der Waals surface area contributed by atoms with Crippen LogP contribution in [-0.2, 0) is 24.1 Å². The number of anilines is 1. The maximum Gasteiger partial charge on any atom is 0.191 e. The number of aliphatic imine (C=N–C) groups is 1. The molecule has 0 radical (unpaired) electrons. The summed E-state index contributed by atoms with van der Waals surface area (Å²) in [6, 6.07) is 10.7. The molecule has 32 heavy (non-hydrogen) atoms. The molecule has 2 aliphatic rings. The number of aromatic nitrogens is 1. The summed E-state index contributed by atoms with van der Waals surface area (Å²) in [4.78, 5) is 11.7. The monoisotopic (exact) mass is 437 g/mol. The molecule has 0 amide bonds. The minimum Gasteiger partial charge on any atom is -0.493 e. The Hall–Kier alpha value is -2.80. The van der Waals surface area contributed by atoms with Gasteiger partial charge in [-0.25, -0.2) is 9.98 Å². The number of pyridine rings is 1. The van der Waals surface area contributed by atoms with E-state index in [1.807, 2.05) is 6.20 Å². The Labute approximate surface area is 191 Å². The zero-order valence-electron chi connectivity index (χ0n) is 19.4. The van der Waals surface area contributed by atoms with Crippen LogP contribution in [0.3, 0.4) is 0 Å². The Bertz CT molecular complexity index is 905. The van der Waals surface area contributed by atoms with Crippen LogP contribution in [0.1, 0.15) is 37.5 Å². The van der Waals surface area contributed by atoms with E-state index in [1.165, 1.54) is 11.1 Å². The van der Waals surface area contributed by atoms with Gasteiger partial charge in [0.2, 0.25) is 0 Å². The van der Waals surface area contributed by atoms with E-state index in [4.69, 9.17) is 14.5 Å². The predicted octanol–water partition coefficient (Wildman–Crippen LogP) is 2.93. The normalized spacial score (nSPS) is 20.6. The average molecular weight is 438 g/mol. The molecule has 0 bridgehead atoms. The first kappa shape index (κ1) is 22.4. The third-order valence-electron chi connectivity index (χ3n) is 5.78. The SMILES string of the molecule is CCNC(=NCc1ccc(N2CC(C)OC(C)C2)nc1)NCCc1ccc2c(c1)CCO2. The molecule has 2 N–H and O–H groups in total. The summed E-state index contributed by atoms with van der Waals surface area (Å²) in [6.07, 6.45) is 4.34. The van der Waals surface area contributed by atoms with Crippen molar-refractivity contribution in [2.45, 2.75) is 52.4 Å². The molecule has 2 unspecified atom stereocenters. The summed E-state index contributed by atoms with van der Waals surface area (Å²) in [7, 11) is 0. The number of nitrogens with zero attached hydrogens (tertiary/aromatic N) is 3. The van der Waals surface area contributed by atoms with Crippen molar-refractivity contribution in [1.82, 2.24) is 15.6 Å². The molecule has 172 valence electrons. The van der Waals surface area contributed by atoms with Crippen molar-refractivity contribution >= 4 is 11.8 Å². The average Bonchev–Trinajstić information content (AvgIpc) is 3.25. The first-order chi connectivity index (χ1) is 15.6. The van der Waals surface area contributed by atoms with Crippen LogP contribution < -0.4 is 20.3 Å². The van der Waals surface area contributed by atoms with E-state index in [0.717, 1.165) is 68.7 Å². The van der Waals surface area contributed by atoms with Crippen molar-refractivity contribution in [3.05, 3.63) is 53.2 Å². The van der Waals surface area contributed by atoms with Crippen LogP contribution in [-0.4, -0.2) is 55.9 Å². The zero-order chi connectivity index (χ0) is 22.3. The predicted molar refractivity (Wildman–Crippen MR) is 129 cm³/mol. The molecule has 1 aromatic carbocycles. The van der Waals surface area contributed by atoms with E-state index in [9.17, 15) is 0 Å². The lowest BCUT2D eigenvalue weighted by atomic mass is 10.1. The maximum absolute atomic E-state index is 5.82. The number of fused-ring (bicyclic) bond motifs is 1. The number of morpholine rings is 1. The Morgan fingerprint density at radius 1 is 1.12 bits per heavy atom. The molecular weight excluding hydrogens is 402 g/mol. The highest BCUT2D eigenvalue weighted by Crippen LogP contribution is 2.25. The van der Waals surface area contributed by atoms with Crippen LogP contribution in [0.5, 0.6) is 5.75 Å². The molecule has 7 nitrogen and oxygen atoms in total. The Morgan fingerprint density at radius 3 is 2.69 bits per heavy atom. The maximum atomic E-state index is 5.82. The van der Waals surface area contributed by atoms with Gasteiger partial charge in [0, 0.05) is 38.8 Å². The van der Waals surface area contributed by atoms with Crippen molar-refractivity contribution in [3.63, 3.8) is 0 Å². The van der Waals surface area contributed by atoms with Gasteiger partial charge in [-0.15, -0.1) is 0 Å². The van der Waals surface area contributed by atoms with Crippen LogP contribution in [0.15, 0.2) is 41.5 Å². The van der Waals surface area contributed by atoms with Gasteiger partial charge in [-0.1, -0.05) is 18.2 Å². The summed E-state index contributed by atoms with van der Waals surface area (Å²) in [5, 5.41) is 6.77. The van der Waals surface area contributed by atoms with Gasteiger partial charge in [-0.3, -0.25) is 0 Å². The van der Waals surface area contributed by atoms with Crippen LogP contribution in [0.4, 0.5) is 5.82 Å². The fourth-order valence-corrected chi connectivity index (χ4v) is 4.29. The Balaban J connectivity index is 1.29. The van der Waals surface area contributed by atoms with Crippen molar-refractivity contribution in [1.29, 1.82) is 0 Å². The first-order valence-electron chi connectivity index (χ1n) is 11.7. The zero-order valence-corrected chi connectivity index (χ0v) is 19.4. The van der Waals surface area contributed by atoms with Gasteiger partial charge in [0.15, 0.2) is 5.96 Å². The van der Waals surface area contributed by atoms with E-state index in [2.05, 4.69) is 71.6 Å². The van der Waals surface area contributed by atoms with E-state index < -0.39 is 0 Å². The lowest BCUT2D eigenvalue weighted by molar-refractivity contribution is -0.00545. The highest BCUT2D eigenvalue weighted by Gasteiger charge is 2.23. The molecule has 2 atom stereocenters. The van der Waals surface area contributed by atoms with Gasteiger partial charge in [0.1, 0.15) is 11.6 Å². The molecule has 3 heterocycles. The summed E-state index contributed by atoms with van der Waals surface area (Å²) in [6.45, 7) is 11.1. The van der Waals surface area contributed by atoms with Crippen molar-refractivity contribution < 1.29 is 9.47 Å². The summed E-state index contributed by atoms with van der Waals surface area (Å²) < 4.78 is 11.4. The molecule has 7 heteroatoms. The molecule has 2 aromatic rings. The van der Waals surface area contributed by atoms with Gasteiger partial charge in [0.05, 0.1) is 25.4 Å². The van der Waals surface area contributed by atoms with E-state index in [0.29, 0.717) is 6.54 Å². The number of benzene rings is 1. The summed E-state index contributed by atoms with van der Waals surface area (Å²) in [5.74, 6) is 2.87. The molecule has 4 rings (SSSR count). The lowest BCUT2D eigenvalue weighted by Gasteiger charge is -2.36. The quantitative estimate of drug-likeness (QED) is 0.513. The second kappa shape index (κ2) is 10.7. The minimum absolute atomic E-state index is 0.226. The van der Waals surface area contributed by atoms with Crippen LogP contribution in [0.25, 0.3) is 0 Å². The highest BCUT2D eigenvalue weighted by atomic mass is 16.5. The second-order valence-corrected chi connectivity index (χ2v) is 8.60. The third kappa shape index (κ3) is 5.91. The van der Waals surface area contributed by atoms with E-state index >= 15 is 0 Å². The number of ether oxygens (including phenoxy) is 2. The number of hydrogen-bond donors (Lipinski definition) is 2. The van der Waals surface area contributed by atoms with Gasteiger partial charge >= 0.3 is 0 Å². The highest BCUT2D eigenvalue weighted by molar-refractivity contribution is 5.79. The second-order valence-electron chi connectivity index (χ2n) is 8.60. The van der Waals surface area contributed by atoms with Gasteiger partial charge in [0.25, 0.3) is 0 Å². The van der Waals surface area contributed by atoms with Crippen molar-refractivity contribution in [2.75, 3.05) is 37.7 Å². The summed E-state index contributed by atoms with van der Waals surface area (Å²) >= 11 is 0. The molecule has 1 saturated heterocycles. The molecule has 1 fully saturated rings. The molecule has 2 aliphatic heterocycles. The van der Waals surface area contributed by atoms with Crippen molar-refractivity contribution in [3.8, 4) is 5.75 Å². The third-order valence-corrected chi connectivity index (χ3v) is 5.78. The molecular formula is C25H35N5O2. The number of guanidine groups is 1. The fourth-order valence-electron chi connectivity index (χ4n) is 4.29. The van der Waals surface area contributed by atoms with E-state index in [1.54, 1.807) is 0 Å². The summed E-state index contributed by atoms with van der Waals surface area (Å²) in [5.41, 5.74) is 3.74. The minimum atomic E-state index is 0.226. The lowest BCUT2D eigenvalue weighted by Crippen LogP contribution is -2.45. The van der Waals surface area contributed by atoms with E-state index in [-0.39, 0.29) is 12.2 Å². The topological polar surface area (TPSA) is 71.0 Å². The molecule has 1 aromatic heterocycles. The smallest absolute Gasteiger partial charge is 0.191 e. The molecule has 0 aliphatic carbocycles. The van der Waals surface area contributed by atoms with Crippen LogP contribution in [0.2, 0.25) is 0 Å². The Kier molecular flexibility index (Phi) is 7.47. The van der Waals surface area contributed by atoms with Crippen LogP contribution in [0, 0.1) is 0 Å². The standard InChI is InChI=1S/C25H35N5O2/c1-4-26-25(27-11-9-20-5-7-23-22(13-20)10-12-31-23)29-15-21-6-8-24(28-14-21)30-16-18(2)32-19(3)17-30/h5-8,13-14,18-19H,4,9-12,15-17H2,1-3H3,(H2,26,27,29). The van der Waals surface area contributed by atoms with Crippen LogP contribution >= 0.6 is 0 Å². The first-order valence-corrected chi connectivity index (χ1v) is 11.7. The fraction of sp³-hybridized carbons (Fsp3) is 0.520. The number of rotatable bonds is 7. The molecule has 0 saturated carbocycles. The molecule has 0 spiro atoms. The Morgan fingerprint density at radius 2 is 1.94 bits per heavy atom.